The van der Waals surface area contributed by atoms with E-state index >= 15 is 0 Å². The van der Waals surface area contributed by atoms with E-state index in [9.17, 15) is 21.6 Å². The fourth-order valence-corrected chi connectivity index (χ4v) is 2.07. The molecule has 0 aliphatic heterocycles. The molecule has 1 N–H and O–H groups in total. The predicted molar refractivity (Wildman–Crippen MR) is 66.8 cm³/mol. The lowest BCUT2D eigenvalue weighted by atomic mass is 9.89. The number of aromatic nitrogens is 1. The maximum Gasteiger partial charge on any atom is 0.511 e. The second-order valence-corrected chi connectivity index (χ2v) is 6.48. The van der Waals surface area contributed by atoms with Crippen molar-refractivity contribution < 1.29 is 26.3 Å². The van der Waals surface area contributed by atoms with Crippen molar-refractivity contribution in [3.63, 3.8) is 0 Å². The SMILES string of the molecule is COc1cccc(C(C)(C)CNS(=O)(=O)C(F)(F)F)n1. The first kappa shape index (κ1) is 16.7. The van der Waals surface area contributed by atoms with Crippen molar-refractivity contribution in [1.82, 2.24) is 9.71 Å². The van der Waals surface area contributed by atoms with E-state index in [1.165, 1.54) is 7.11 Å². The van der Waals surface area contributed by atoms with Gasteiger partial charge in [-0.1, -0.05) is 19.9 Å². The number of alkyl halides is 3. The Kier molecular flexibility index (Phi) is 4.65. The molecule has 0 radical (unpaired) electrons. The van der Waals surface area contributed by atoms with Gasteiger partial charge in [-0.3, -0.25) is 0 Å². The number of ether oxygens (including phenoxy) is 1. The molecule has 0 aliphatic rings. The molecule has 0 aromatic carbocycles. The summed E-state index contributed by atoms with van der Waals surface area (Å²) in [7, 11) is -3.96. The van der Waals surface area contributed by atoms with Crippen molar-refractivity contribution in [3.8, 4) is 5.88 Å². The van der Waals surface area contributed by atoms with Gasteiger partial charge in [0.1, 0.15) is 0 Å². The summed E-state index contributed by atoms with van der Waals surface area (Å²) in [5.74, 6) is 0.300. The second-order valence-electron chi connectivity index (χ2n) is 4.72. The minimum absolute atomic E-state index is 0.300. The van der Waals surface area contributed by atoms with Gasteiger partial charge in [0.15, 0.2) is 0 Å². The number of hydrogen-bond donors (Lipinski definition) is 1. The summed E-state index contributed by atoms with van der Waals surface area (Å²) >= 11 is 0. The molecule has 114 valence electrons. The summed E-state index contributed by atoms with van der Waals surface area (Å²) in [6, 6.07) is 4.80. The van der Waals surface area contributed by atoms with Gasteiger partial charge in [-0.25, -0.2) is 18.1 Å². The third-order valence-electron chi connectivity index (χ3n) is 2.63. The Morgan fingerprint density at radius 3 is 2.40 bits per heavy atom. The van der Waals surface area contributed by atoms with Gasteiger partial charge in [-0.05, 0) is 6.07 Å². The highest BCUT2D eigenvalue weighted by atomic mass is 32.2. The van der Waals surface area contributed by atoms with Crippen LogP contribution in [0.25, 0.3) is 0 Å². The Morgan fingerprint density at radius 1 is 1.30 bits per heavy atom. The maximum absolute atomic E-state index is 12.2. The van der Waals surface area contributed by atoms with Gasteiger partial charge in [0.2, 0.25) is 5.88 Å². The first-order chi connectivity index (χ1) is 8.99. The van der Waals surface area contributed by atoms with Crippen LogP contribution in [0.15, 0.2) is 18.2 Å². The van der Waals surface area contributed by atoms with E-state index in [2.05, 4.69) is 4.98 Å². The normalized spacial score (nSPS) is 13.3. The zero-order valence-electron chi connectivity index (χ0n) is 11.2. The molecule has 1 aromatic rings. The first-order valence-electron chi connectivity index (χ1n) is 5.57. The van der Waals surface area contributed by atoms with E-state index < -0.39 is 27.5 Å². The highest BCUT2D eigenvalue weighted by molar-refractivity contribution is 7.90. The van der Waals surface area contributed by atoms with Gasteiger partial charge in [0.05, 0.1) is 12.8 Å². The highest BCUT2D eigenvalue weighted by Gasteiger charge is 2.46. The number of rotatable bonds is 5. The number of methoxy groups -OCH3 is 1. The van der Waals surface area contributed by atoms with Gasteiger partial charge in [-0.2, -0.15) is 13.2 Å². The average molecular weight is 312 g/mol. The lowest BCUT2D eigenvalue weighted by Crippen LogP contribution is -2.43. The number of halogens is 3. The molecule has 9 heteroatoms. The molecule has 0 saturated heterocycles. The van der Waals surface area contributed by atoms with Crippen molar-refractivity contribution in [2.24, 2.45) is 0 Å². The molecule has 0 spiro atoms. The average Bonchev–Trinajstić information content (AvgIpc) is 2.35. The number of nitrogens with one attached hydrogen (secondary N) is 1. The molecule has 0 saturated carbocycles. The van der Waals surface area contributed by atoms with Gasteiger partial charge in [0, 0.05) is 18.0 Å². The van der Waals surface area contributed by atoms with E-state index in [0.29, 0.717) is 11.6 Å². The Morgan fingerprint density at radius 2 is 1.90 bits per heavy atom. The summed E-state index contributed by atoms with van der Waals surface area (Å²) < 4.78 is 65.1. The molecular weight excluding hydrogens is 297 g/mol. The summed E-state index contributed by atoms with van der Waals surface area (Å²) in [6.45, 7) is 2.72. The molecule has 0 fully saturated rings. The topological polar surface area (TPSA) is 68.3 Å². The van der Waals surface area contributed by atoms with Crippen LogP contribution in [0.5, 0.6) is 5.88 Å². The minimum atomic E-state index is -5.36. The lowest BCUT2D eigenvalue weighted by Gasteiger charge is -2.25. The molecule has 0 amide bonds. The Balaban J connectivity index is 2.90. The van der Waals surface area contributed by atoms with Gasteiger partial charge >= 0.3 is 15.5 Å². The van der Waals surface area contributed by atoms with Crippen LogP contribution in [0.3, 0.4) is 0 Å². The van der Waals surface area contributed by atoms with E-state index in [1.807, 2.05) is 0 Å². The van der Waals surface area contributed by atoms with Crippen LogP contribution in [0.2, 0.25) is 0 Å². The summed E-state index contributed by atoms with van der Waals surface area (Å²) in [4.78, 5) is 4.09. The van der Waals surface area contributed by atoms with Crippen LogP contribution >= 0.6 is 0 Å². The van der Waals surface area contributed by atoms with E-state index in [0.717, 1.165) is 0 Å². The van der Waals surface area contributed by atoms with Crippen LogP contribution in [-0.2, 0) is 15.4 Å². The van der Waals surface area contributed by atoms with Gasteiger partial charge in [0.25, 0.3) is 0 Å². The maximum atomic E-state index is 12.2. The van der Waals surface area contributed by atoms with Crippen molar-refractivity contribution >= 4 is 10.0 Å². The monoisotopic (exact) mass is 312 g/mol. The molecule has 1 rings (SSSR count). The van der Waals surface area contributed by atoms with Crippen LogP contribution in [0.1, 0.15) is 19.5 Å². The van der Waals surface area contributed by atoms with Crippen molar-refractivity contribution in [1.29, 1.82) is 0 Å². The van der Waals surface area contributed by atoms with Crippen LogP contribution < -0.4 is 9.46 Å². The molecule has 0 bridgehead atoms. The van der Waals surface area contributed by atoms with Crippen LogP contribution in [0.4, 0.5) is 13.2 Å². The summed E-state index contributed by atoms with van der Waals surface area (Å²) in [5.41, 5.74) is -5.83. The Hall–Kier alpha value is -1.35. The number of nitrogens with zero attached hydrogens (tertiary/aromatic N) is 1. The van der Waals surface area contributed by atoms with E-state index in [-0.39, 0.29) is 0 Å². The number of hydrogen-bond acceptors (Lipinski definition) is 4. The van der Waals surface area contributed by atoms with Crippen molar-refractivity contribution in [2.75, 3.05) is 13.7 Å². The summed E-state index contributed by atoms with van der Waals surface area (Å²) in [5, 5.41) is 0. The molecule has 5 nitrogen and oxygen atoms in total. The standard InChI is InChI=1S/C11H15F3N2O3S/c1-10(2,7-15-20(17,18)11(12,13)14)8-5-4-6-9(16-8)19-3/h4-6,15H,7H2,1-3H3. The third kappa shape index (κ3) is 3.83. The minimum Gasteiger partial charge on any atom is -0.481 e. The fourth-order valence-electron chi connectivity index (χ4n) is 1.35. The molecule has 20 heavy (non-hydrogen) atoms. The Labute approximate surface area is 115 Å². The molecular formula is C11H15F3N2O3S. The first-order valence-corrected chi connectivity index (χ1v) is 7.05. The lowest BCUT2D eigenvalue weighted by molar-refractivity contribution is -0.0448. The molecule has 1 aromatic heterocycles. The third-order valence-corrected chi connectivity index (χ3v) is 3.77. The zero-order valence-corrected chi connectivity index (χ0v) is 12.0. The van der Waals surface area contributed by atoms with E-state index in [4.69, 9.17) is 4.74 Å². The molecule has 0 unspecified atom stereocenters. The Bertz CT molecular complexity index is 571. The molecule has 0 atom stereocenters. The number of pyridine rings is 1. The smallest absolute Gasteiger partial charge is 0.481 e. The second kappa shape index (κ2) is 5.57. The quantitative estimate of drug-likeness (QED) is 0.900. The predicted octanol–water partition coefficient (Wildman–Crippen LogP) is 1.81. The van der Waals surface area contributed by atoms with Crippen molar-refractivity contribution in [3.05, 3.63) is 23.9 Å². The van der Waals surface area contributed by atoms with Crippen LogP contribution in [0, 0.1) is 0 Å². The number of sulfonamides is 1. The van der Waals surface area contributed by atoms with Gasteiger partial charge < -0.3 is 4.74 Å². The summed E-state index contributed by atoms with van der Waals surface area (Å²) in [6.07, 6.45) is 0. The highest BCUT2D eigenvalue weighted by Crippen LogP contribution is 2.25. The van der Waals surface area contributed by atoms with Crippen molar-refractivity contribution in [2.45, 2.75) is 24.8 Å². The van der Waals surface area contributed by atoms with Gasteiger partial charge in [-0.15, -0.1) is 0 Å². The largest absolute Gasteiger partial charge is 0.511 e. The van der Waals surface area contributed by atoms with E-state index in [1.54, 1.807) is 36.8 Å². The van der Waals surface area contributed by atoms with Crippen LogP contribution in [-0.4, -0.2) is 32.6 Å². The molecule has 0 aliphatic carbocycles. The molecule has 1 heterocycles. The fraction of sp³-hybridized carbons (Fsp3) is 0.545. The zero-order chi connectivity index (χ0) is 15.6.